The van der Waals surface area contributed by atoms with Gasteiger partial charge in [0.1, 0.15) is 0 Å². The first-order valence-electron chi connectivity index (χ1n) is 3.97. The van der Waals surface area contributed by atoms with E-state index in [9.17, 15) is 13.0 Å². The van der Waals surface area contributed by atoms with Crippen LogP contribution in [0.15, 0.2) is 0 Å². The van der Waals surface area contributed by atoms with E-state index in [1.165, 1.54) is 0 Å². The molecule has 0 aliphatic heterocycles. The molecule has 0 bridgehead atoms. The van der Waals surface area contributed by atoms with Crippen molar-refractivity contribution in [2.24, 2.45) is 0 Å². The Hall–Kier alpha value is 0.910. The van der Waals surface area contributed by atoms with Crippen LogP contribution < -0.4 is 29.6 Å². The molecule has 0 unspecified atom stereocenters. The maximum atomic E-state index is 10.6. The molecule has 0 fully saturated rings. The average molecular weight is 202 g/mol. The number of hydrogen-bond donors (Lipinski definition) is 0. The summed E-state index contributed by atoms with van der Waals surface area (Å²) >= 11 is 0. The van der Waals surface area contributed by atoms with Crippen molar-refractivity contribution in [1.82, 2.24) is 0 Å². The molecule has 68 valence electrons. The van der Waals surface area contributed by atoms with Gasteiger partial charge in [-0.3, -0.25) is 0 Å². The molecular weight excluding hydrogens is 187 g/mol. The molecule has 0 aliphatic rings. The molecule has 0 spiro atoms. The van der Waals surface area contributed by atoms with Gasteiger partial charge in [-0.15, -0.1) is 0 Å². The molecule has 0 atom stereocenters. The molecule has 0 aliphatic carbocycles. The monoisotopic (exact) mass is 202 g/mol. The molecule has 0 aromatic heterocycles. The van der Waals surface area contributed by atoms with Crippen molar-refractivity contribution in [3.63, 3.8) is 0 Å². The zero-order valence-corrected chi connectivity index (χ0v) is 10.9. The van der Waals surface area contributed by atoms with Gasteiger partial charge in [-0.05, 0) is 12.8 Å². The van der Waals surface area contributed by atoms with Crippen molar-refractivity contribution in [3.05, 3.63) is 0 Å². The van der Waals surface area contributed by atoms with Crippen molar-refractivity contribution < 1.29 is 42.5 Å². The van der Waals surface area contributed by atoms with Crippen LogP contribution in [0.3, 0.4) is 0 Å². The van der Waals surface area contributed by atoms with E-state index in [2.05, 4.69) is 0 Å². The fraction of sp³-hybridized carbons (Fsp3) is 1.00. The Morgan fingerprint density at radius 3 is 1.67 bits per heavy atom. The molecule has 0 saturated carbocycles. The van der Waals surface area contributed by atoms with Crippen molar-refractivity contribution in [2.45, 2.75) is 44.8 Å². The molecule has 3 nitrogen and oxygen atoms in total. The van der Waals surface area contributed by atoms with E-state index in [0.717, 1.165) is 12.8 Å². The molecule has 0 aromatic rings. The third kappa shape index (κ3) is 6.43. The summed E-state index contributed by atoms with van der Waals surface area (Å²) in [6, 6.07) is 0. The fourth-order valence-electron chi connectivity index (χ4n) is 1.08. The Morgan fingerprint density at radius 1 is 1.17 bits per heavy atom. The van der Waals surface area contributed by atoms with Gasteiger partial charge in [0.2, 0.25) is 0 Å². The Balaban J connectivity index is 0. The molecule has 0 saturated heterocycles. The van der Waals surface area contributed by atoms with Crippen LogP contribution in [0.4, 0.5) is 0 Å². The van der Waals surface area contributed by atoms with Crippen molar-refractivity contribution in [2.75, 3.05) is 0 Å². The summed E-state index contributed by atoms with van der Waals surface area (Å²) in [5.74, 6) is 0. The molecule has 0 rings (SSSR count). The van der Waals surface area contributed by atoms with Crippen LogP contribution in [0, 0.1) is 0 Å². The maximum Gasteiger partial charge on any atom is 1.00 e. The van der Waals surface area contributed by atoms with Crippen molar-refractivity contribution in [1.29, 1.82) is 0 Å². The standard InChI is InChI=1S/C7H16O3S.Na/c1-3-5-7(6-4-2)11(8,9)10;/h7H,3-6H2,1-2H3,(H,8,9,10);/q;+1/p-1. The quantitative estimate of drug-likeness (QED) is 0.403. The van der Waals surface area contributed by atoms with E-state index in [-0.39, 0.29) is 29.6 Å². The summed E-state index contributed by atoms with van der Waals surface area (Å²) in [5.41, 5.74) is 0. The number of hydrogen-bond acceptors (Lipinski definition) is 3. The smallest absolute Gasteiger partial charge is 0.748 e. The second-order valence-corrected chi connectivity index (χ2v) is 4.34. The molecule has 0 N–H and O–H groups in total. The largest absolute Gasteiger partial charge is 1.00 e. The molecule has 12 heavy (non-hydrogen) atoms. The predicted molar refractivity (Wildman–Crippen MR) is 43.3 cm³/mol. The normalized spacial score (nSPS) is 11.3. The van der Waals surface area contributed by atoms with Gasteiger partial charge in [0, 0.05) is 5.25 Å². The summed E-state index contributed by atoms with van der Waals surface area (Å²) in [7, 11) is -4.04. The van der Waals surface area contributed by atoms with Gasteiger partial charge in [-0.2, -0.15) is 0 Å². The summed E-state index contributed by atoms with van der Waals surface area (Å²) < 4.78 is 31.7. The fourth-order valence-corrected chi connectivity index (χ4v) is 2.13. The topological polar surface area (TPSA) is 57.2 Å². The van der Waals surface area contributed by atoms with E-state index in [1.54, 1.807) is 0 Å². The minimum Gasteiger partial charge on any atom is -0.748 e. The van der Waals surface area contributed by atoms with E-state index >= 15 is 0 Å². The van der Waals surface area contributed by atoms with Gasteiger partial charge in [0.15, 0.2) is 0 Å². The molecule has 0 amide bonds. The third-order valence-electron chi connectivity index (χ3n) is 1.63. The molecule has 0 radical (unpaired) electrons. The first-order valence-corrected chi connectivity index (χ1v) is 5.44. The average Bonchev–Trinajstić information content (AvgIpc) is 1.85. The Morgan fingerprint density at radius 2 is 1.50 bits per heavy atom. The van der Waals surface area contributed by atoms with Crippen LogP contribution in [0.25, 0.3) is 0 Å². The molecular formula is C7H15NaO3S. The minimum absolute atomic E-state index is 0. The predicted octanol–water partition coefficient (Wildman–Crippen LogP) is -1.50. The summed E-state index contributed by atoms with van der Waals surface area (Å²) in [5, 5.41) is -0.655. The van der Waals surface area contributed by atoms with Gasteiger partial charge in [0.25, 0.3) is 0 Å². The van der Waals surface area contributed by atoms with E-state index in [0.29, 0.717) is 12.8 Å². The van der Waals surface area contributed by atoms with Crippen LogP contribution in [0.1, 0.15) is 39.5 Å². The summed E-state index contributed by atoms with van der Waals surface area (Å²) in [6.45, 7) is 3.77. The zero-order valence-electron chi connectivity index (χ0n) is 8.04. The molecule has 0 aromatic carbocycles. The van der Waals surface area contributed by atoms with Crippen molar-refractivity contribution in [3.8, 4) is 0 Å². The maximum absolute atomic E-state index is 10.6. The minimum atomic E-state index is -4.04. The zero-order chi connectivity index (χ0) is 8.91. The summed E-state index contributed by atoms with van der Waals surface area (Å²) in [4.78, 5) is 0. The Kier molecular flexibility index (Phi) is 9.39. The Labute approximate surface area is 97.0 Å². The van der Waals surface area contributed by atoms with E-state index in [4.69, 9.17) is 0 Å². The van der Waals surface area contributed by atoms with Crippen LogP contribution in [0.2, 0.25) is 0 Å². The Bertz CT molecular complexity index is 183. The van der Waals surface area contributed by atoms with Gasteiger partial charge in [0.05, 0.1) is 10.1 Å². The van der Waals surface area contributed by atoms with Gasteiger partial charge < -0.3 is 4.55 Å². The first-order chi connectivity index (χ1) is 5.02. The van der Waals surface area contributed by atoms with Crippen LogP contribution >= 0.6 is 0 Å². The SMILES string of the molecule is CCCC(CCC)S(=O)(=O)[O-].[Na+]. The molecule has 5 heteroatoms. The summed E-state index contributed by atoms with van der Waals surface area (Å²) in [6.07, 6.45) is 2.51. The first kappa shape index (κ1) is 15.4. The van der Waals surface area contributed by atoms with E-state index in [1.807, 2.05) is 13.8 Å². The van der Waals surface area contributed by atoms with Crippen LogP contribution in [-0.2, 0) is 10.1 Å². The number of rotatable bonds is 5. The molecule has 0 heterocycles. The second-order valence-electron chi connectivity index (χ2n) is 2.69. The van der Waals surface area contributed by atoms with E-state index < -0.39 is 15.4 Å². The van der Waals surface area contributed by atoms with Crippen LogP contribution in [0.5, 0.6) is 0 Å². The van der Waals surface area contributed by atoms with Crippen molar-refractivity contribution >= 4 is 10.1 Å². The van der Waals surface area contributed by atoms with Crippen LogP contribution in [-0.4, -0.2) is 18.2 Å². The third-order valence-corrected chi connectivity index (χ3v) is 2.92. The second kappa shape index (κ2) is 7.33. The van der Waals surface area contributed by atoms with Gasteiger partial charge in [-0.1, -0.05) is 26.7 Å². The van der Waals surface area contributed by atoms with Gasteiger partial charge >= 0.3 is 29.6 Å². The van der Waals surface area contributed by atoms with Gasteiger partial charge in [-0.25, -0.2) is 8.42 Å².